The second-order valence-corrected chi connectivity index (χ2v) is 7.35. The number of nitrogens with zero attached hydrogens (tertiary/aromatic N) is 2. The number of piperidine rings is 1. The van der Waals surface area contributed by atoms with Crippen molar-refractivity contribution < 1.29 is 14.6 Å². The van der Waals surface area contributed by atoms with Crippen LogP contribution in [-0.4, -0.2) is 30.1 Å². The number of carbonyl (C=O) groups is 1. The van der Waals surface area contributed by atoms with E-state index >= 15 is 0 Å². The molecule has 1 aliphatic heterocycles. The first-order valence-electron chi connectivity index (χ1n) is 9.16. The van der Waals surface area contributed by atoms with Crippen molar-refractivity contribution in [3.8, 4) is 0 Å². The minimum Gasteiger partial charge on any atom is -0.331 e. The van der Waals surface area contributed by atoms with Gasteiger partial charge in [0, 0.05) is 41.1 Å². The minimum absolute atomic E-state index is 0.00805. The topological polar surface area (TPSA) is 89.0 Å². The van der Waals surface area contributed by atoms with Crippen molar-refractivity contribution in [1.29, 1.82) is 0 Å². The maximum atomic E-state index is 12.3. The Bertz CT molecular complexity index is 862. The molecule has 3 rings (SSSR count). The lowest BCUT2D eigenvalue weighted by Crippen LogP contribution is -3.11. The average Bonchev–Trinajstić information content (AvgIpc) is 2.70. The predicted octanol–water partition coefficient (Wildman–Crippen LogP) is 2.19. The van der Waals surface area contributed by atoms with E-state index in [9.17, 15) is 14.9 Å². The molecule has 1 heterocycles. The number of benzene rings is 2. The fourth-order valence-corrected chi connectivity index (χ4v) is 3.46. The first-order chi connectivity index (χ1) is 13.5. The van der Waals surface area contributed by atoms with Crippen LogP contribution in [0.25, 0.3) is 0 Å². The third kappa shape index (κ3) is 5.61. The number of non-ortho nitro benzene ring substituents is 1. The first kappa shape index (κ1) is 20.0. The molecular weight excluding hydrogens is 380 g/mol. The van der Waals surface area contributed by atoms with Gasteiger partial charge in [0.05, 0.1) is 30.1 Å². The molecule has 7 nitrogen and oxygen atoms in total. The quantitative estimate of drug-likeness (QED) is 0.441. The van der Waals surface area contributed by atoms with Crippen LogP contribution in [0.2, 0.25) is 5.02 Å². The Morgan fingerprint density at radius 3 is 2.64 bits per heavy atom. The monoisotopic (exact) mass is 401 g/mol. The summed E-state index contributed by atoms with van der Waals surface area (Å²) in [6, 6.07) is 14.0. The number of hydrazone groups is 1. The lowest BCUT2D eigenvalue weighted by molar-refractivity contribution is -0.919. The van der Waals surface area contributed by atoms with Gasteiger partial charge in [-0.3, -0.25) is 14.9 Å². The Balaban J connectivity index is 1.45. The van der Waals surface area contributed by atoms with Crippen molar-refractivity contribution in [2.45, 2.75) is 19.4 Å². The van der Waals surface area contributed by atoms with Crippen molar-refractivity contribution in [2.24, 2.45) is 11.0 Å². The van der Waals surface area contributed by atoms with E-state index in [4.69, 9.17) is 11.6 Å². The summed E-state index contributed by atoms with van der Waals surface area (Å²) < 4.78 is 0. The summed E-state index contributed by atoms with van der Waals surface area (Å²) in [4.78, 5) is 24.1. The zero-order valence-corrected chi connectivity index (χ0v) is 16.1. The number of hydrogen-bond acceptors (Lipinski definition) is 4. The van der Waals surface area contributed by atoms with Crippen LogP contribution in [0.4, 0.5) is 5.69 Å². The zero-order valence-electron chi connectivity index (χ0n) is 15.3. The molecule has 0 spiro atoms. The van der Waals surface area contributed by atoms with Crippen molar-refractivity contribution >= 4 is 29.4 Å². The molecule has 0 unspecified atom stereocenters. The van der Waals surface area contributed by atoms with Crippen LogP contribution in [0.1, 0.15) is 24.0 Å². The maximum absolute atomic E-state index is 12.3. The number of amides is 1. The number of quaternary nitrogens is 1. The van der Waals surface area contributed by atoms with Gasteiger partial charge in [-0.15, -0.1) is 0 Å². The Morgan fingerprint density at radius 1 is 1.25 bits per heavy atom. The highest BCUT2D eigenvalue weighted by atomic mass is 35.5. The lowest BCUT2D eigenvalue weighted by Gasteiger charge is -2.28. The number of likely N-dealkylation sites (tertiary alicyclic amines) is 1. The summed E-state index contributed by atoms with van der Waals surface area (Å²) in [7, 11) is 0. The van der Waals surface area contributed by atoms with Crippen LogP contribution < -0.4 is 10.3 Å². The molecule has 1 fully saturated rings. The Morgan fingerprint density at radius 2 is 1.96 bits per heavy atom. The van der Waals surface area contributed by atoms with E-state index in [0.717, 1.165) is 37.5 Å². The van der Waals surface area contributed by atoms with Gasteiger partial charge in [0.2, 0.25) is 5.91 Å². The van der Waals surface area contributed by atoms with Gasteiger partial charge in [-0.05, 0) is 12.1 Å². The van der Waals surface area contributed by atoms with E-state index < -0.39 is 4.92 Å². The van der Waals surface area contributed by atoms with E-state index in [-0.39, 0.29) is 17.5 Å². The predicted molar refractivity (Wildman–Crippen MR) is 107 cm³/mol. The maximum Gasteiger partial charge on any atom is 0.270 e. The van der Waals surface area contributed by atoms with E-state index in [0.29, 0.717) is 5.56 Å². The van der Waals surface area contributed by atoms with Crippen LogP contribution >= 0.6 is 11.6 Å². The molecule has 2 aromatic carbocycles. The molecule has 0 saturated carbocycles. The van der Waals surface area contributed by atoms with Crippen molar-refractivity contribution in [3.63, 3.8) is 0 Å². The largest absolute Gasteiger partial charge is 0.331 e. The van der Waals surface area contributed by atoms with Crippen LogP contribution in [-0.2, 0) is 11.3 Å². The fraction of sp³-hybridized carbons (Fsp3) is 0.300. The number of nitro groups is 1. The fourth-order valence-electron chi connectivity index (χ4n) is 3.34. The summed E-state index contributed by atoms with van der Waals surface area (Å²) in [5, 5.41) is 15.5. The van der Waals surface area contributed by atoms with Crippen LogP contribution in [0.15, 0.2) is 53.6 Å². The van der Waals surface area contributed by atoms with Crippen molar-refractivity contribution in [1.82, 2.24) is 5.43 Å². The summed E-state index contributed by atoms with van der Waals surface area (Å²) in [6.07, 6.45) is 3.04. The van der Waals surface area contributed by atoms with Crippen LogP contribution in [0, 0.1) is 16.0 Å². The molecule has 1 aliphatic rings. The molecule has 2 N–H and O–H groups in total. The SMILES string of the molecule is O=C(N/N=C\c1cccc([N+](=O)[O-])c1)C1CC[NH+](Cc2ccc(Cl)cc2)CC1. The summed E-state index contributed by atoms with van der Waals surface area (Å²) in [5.74, 6) is -0.163. The Hall–Kier alpha value is -2.77. The van der Waals surface area contributed by atoms with Gasteiger partial charge in [-0.1, -0.05) is 35.9 Å². The molecule has 0 aliphatic carbocycles. The molecule has 0 radical (unpaired) electrons. The van der Waals surface area contributed by atoms with Gasteiger partial charge in [-0.2, -0.15) is 5.10 Å². The Labute approximate surface area is 168 Å². The molecule has 8 heteroatoms. The second-order valence-electron chi connectivity index (χ2n) is 6.91. The first-order valence-corrected chi connectivity index (χ1v) is 9.54. The summed E-state index contributed by atoms with van der Waals surface area (Å²) in [6.45, 7) is 2.78. The number of rotatable bonds is 6. The van der Waals surface area contributed by atoms with Gasteiger partial charge < -0.3 is 4.90 Å². The van der Waals surface area contributed by atoms with Gasteiger partial charge in [0.25, 0.3) is 5.69 Å². The van der Waals surface area contributed by atoms with Gasteiger partial charge in [-0.25, -0.2) is 5.43 Å². The normalized spacial score (nSPS) is 19.5. The van der Waals surface area contributed by atoms with Crippen molar-refractivity contribution in [2.75, 3.05) is 13.1 Å². The summed E-state index contributed by atoms with van der Waals surface area (Å²) in [5.41, 5.74) is 4.36. The number of carbonyl (C=O) groups excluding carboxylic acids is 1. The minimum atomic E-state index is -0.462. The number of halogens is 1. The Kier molecular flexibility index (Phi) is 6.73. The standard InChI is InChI=1S/C20H21ClN4O3/c21-18-6-4-15(5-7-18)14-24-10-8-17(9-11-24)20(26)23-22-13-16-2-1-3-19(12-16)25(27)28/h1-7,12-13,17H,8-11,14H2,(H,23,26)/p+1/b22-13-. The average molecular weight is 402 g/mol. The van der Waals surface area contributed by atoms with Gasteiger partial charge >= 0.3 is 0 Å². The van der Waals surface area contributed by atoms with Gasteiger partial charge in [0.1, 0.15) is 6.54 Å². The molecule has 1 amide bonds. The van der Waals surface area contributed by atoms with Gasteiger partial charge in [0.15, 0.2) is 0 Å². The molecule has 0 aromatic heterocycles. The third-order valence-electron chi connectivity index (χ3n) is 4.90. The highest BCUT2D eigenvalue weighted by Crippen LogP contribution is 2.13. The van der Waals surface area contributed by atoms with E-state index in [1.54, 1.807) is 12.1 Å². The van der Waals surface area contributed by atoms with E-state index in [1.165, 1.54) is 28.8 Å². The lowest BCUT2D eigenvalue weighted by atomic mass is 9.96. The molecule has 0 atom stereocenters. The molecular formula is C20H22ClN4O3+. The highest BCUT2D eigenvalue weighted by Gasteiger charge is 2.27. The molecule has 0 bridgehead atoms. The molecule has 146 valence electrons. The molecule has 28 heavy (non-hydrogen) atoms. The van der Waals surface area contributed by atoms with Crippen LogP contribution in [0.5, 0.6) is 0 Å². The zero-order chi connectivity index (χ0) is 19.9. The van der Waals surface area contributed by atoms with E-state index in [1.807, 2.05) is 24.3 Å². The summed E-state index contributed by atoms with van der Waals surface area (Å²) >= 11 is 5.92. The molecule has 2 aromatic rings. The third-order valence-corrected chi connectivity index (χ3v) is 5.15. The smallest absolute Gasteiger partial charge is 0.270 e. The highest BCUT2D eigenvalue weighted by molar-refractivity contribution is 6.30. The van der Waals surface area contributed by atoms with Crippen LogP contribution in [0.3, 0.4) is 0 Å². The molecule has 1 saturated heterocycles. The number of nitro benzene ring substituents is 1. The van der Waals surface area contributed by atoms with E-state index in [2.05, 4.69) is 10.5 Å². The number of nitrogens with one attached hydrogen (secondary N) is 2. The number of hydrogen-bond donors (Lipinski definition) is 2. The van der Waals surface area contributed by atoms with Crippen molar-refractivity contribution in [3.05, 3.63) is 74.8 Å². The second kappa shape index (κ2) is 9.43.